The van der Waals surface area contributed by atoms with E-state index in [1.807, 2.05) is 86.1 Å². The summed E-state index contributed by atoms with van der Waals surface area (Å²) in [5.74, 6) is 1.43. The van der Waals surface area contributed by atoms with E-state index in [1.165, 1.54) is 0 Å². The fourth-order valence-electron chi connectivity index (χ4n) is 3.75. The molecule has 3 aromatic rings. The fourth-order valence-corrected chi connectivity index (χ4v) is 3.75. The topological polar surface area (TPSA) is 69.0 Å². The monoisotopic (exact) mass is 481 g/mol. The van der Waals surface area contributed by atoms with Crippen molar-refractivity contribution in [3.05, 3.63) is 71.9 Å². The summed E-state index contributed by atoms with van der Waals surface area (Å²) in [5, 5.41) is 15.6. The zero-order valence-electron chi connectivity index (χ0n) is 21.6. The van der Waals surface area contributed by atoms with Crippen LogP contribution in [0, 0.1) is 0 Å². The summed E-state index contributed by atoms with van der Waals surface area (Å²) in [5.41, 5.74) is 2.59. The number of methoxy groups -OCH3 is 1. The van der Waals surface area contributed by atoms with Gasteiger partial charge in [-0.15, -0.1) is 0 Å². The first-order chi connectivity index (χ1) is 16.8. The molecule has 0 aliphatic carbocycles. The van der Waals surface area contributed by atoms with Crippen molar-refractivity contribution >= 4 is 0 Å². The molecule has 1 N–H and O–H groups in total. The largest absolute Gasteiger partial charge is 0.439 e. The molecular weight excluding hydrogens is 442 g/mol. The van der Waals surface area contributed by atoms with E-state index < -0.39 is 6.10 Å². The van der Waals surface area contributed by atoms with E-state index in [2.05, 4.69) is 11.8 Å². The molecule has 7 heteroatoms. The van der Waals surface area contributed by atoms with Gasteiger partial charge < -0.3 is 19.3 Å². The van der Waals surface area contributed by atoms with Gasteiger partial charge in [-0.2, -0.15) is 5.10 Å². The van der Waals surface area contributed by atoms with Crippen molar-refractivity contribution in [2.75, 3.05) is 33.4 Å². The molecule has 0 fully saturated rings. The van der Waals surface area contributed by atoms with Crippen LogP contribution in [0.2, 0.25) is 0 Å². The Balaban J connectivity index is 1.94. The first-order valence-electron chi connectivity index (χ1n) is 12.2. The summed E-state index contributed by atoms with van der Waals surface area (Å²) in [4.78, 5) is 2.17. The smallest absolute Gasteiger partial charge is 0.227 e. The molecule has 0 saturated carbocycles. The normalized spacial score (nSPS) is 12.8. The van der Waals surface area contributed by atoms with Crippen LogP contribution in [0.4, 0.5) is 0 Å². The highest BCUT2D eigenvalue weighted by Gasteiger charge is 2.24. The molecule has 0 saturated heterocycles. The Morgan fingerprint density at radius 1 is 1.03 bits per heavy atom. The van der Waals surface area contributed by atoms with Crippen LogP contribution in [-0.4, -0.2) is 64.9 Å². The molecule has 7 nitrogen and oxygen atoms in total. The minimum Gasteiger partial charge on any atom is -0.439 e. The van der Waals surface area contributed by atoms with Crippen LogP contribution in [0.25, 0.3) is 5.69 Å². The number of hydrogen-bond donors (Lipinski definition) is 1. The first kappa shape index (κ1) is 26.9. The molecule has 190 valence electrons. The molecule has 0 radical (unpaired) electrons. The van der Waals surface area contributed by atoms with E-state index in [9.17, 15) is 5.11 Å². The molecule has 0 aliphatic rings. The maximum atomic E-state index is 10.7. The van der Waals surface area contributed by atoms with Crippen molar-refractivity contribution in [2.24, 2.45) is 0 Å². The number of benzene rings is 2. The van der Waals surface area contributed by atoms with Gasteiger partial charge in [0.25, 0.3) is 0 Å². The summed E-state index contributed by atoms with van der Waals surface area (Å²) in [7, 11) is 1.69. The third kappa shape index (κ3) is 8.18. The van der Waals surface area contributed by atoms with Crippen molar-refractivity contribution in [1.82, 2.24) is 14.7 Å². The predicted octanol–water partition coefficient (Wildman–Crippen LogP) is 4.85. The van der Waals surface area contributed by atoms with Gasteiger partial charge in [0.15, 0.2) is 0 Å². The number of aliphatic hydroxyl groups is 1. The third-order valence-electron chi connectivity index (χ3n) is 5.48. The molecule has 0 amide bonds. The lowest BCUT2D eigenvalue weighted by atomic mass is 10.1. The Hall–Kier alpha value is -2.71. The van der Waals surface area contributed by atoms with E-state index >= 15 is 0 Å². The van der Waals surface area contributed by atoms with E-state index in [0.717, 1.165) is 29.1 Å². The number of hydrogen-bond acceptors (Lipinski definition) is 6. The van der Waals surface area contributed by atoms with Crippen molar-refractivity contribution in [3.63, 3.8) is 0 Å². The number of aliphatic hydroxyl groups excluding tert-OH is 1. The third-order valence-corrected chi connectivity index (χ3v) is 5.48. The fraction of sp³-hybridized carbons (Fsp3) is 0.464. The highest BCUT2D eigenvalue weighted by molar-refractivity contribution is 5.43. The predicted molar refractivity (Wildman–Crippen MR) is 138 cm³/mol. The van der Waals surface area contributed by atoms with Gasteiger partial charge in [-0.05, 0) is 51.5 Å². The molecule has 3 rings (SSSR count). The zero-order valence-corrected chi connectivity index (χ0v) is 21.6. The number of nitrogens with zero attached hydrogens (tertiary/aromatic N) is 3. The summed E-state index contributed by atoms with van der Waals surface area (Å²) in [6.07, 6.45) is 0.132. The number of aromatic nitrogens is 2. The maximum absolute atomic E-state index is 10.7. The Labute approximate surface area is 209 Å². The van der Waals surface area contributed by atoms with E-state index in [0.29, 0.717) is 32.1 Å². The molecule has 1 unspecified atom stereocenters. The summed E-state index contributed by atoms with van der Waals surface area (Å²) in [6, 6.07) is 19.8. The zero-order chi connectivity index (χ0) is 25.3. The van der Waals surface area contributed by atoms with Crippen molar-refractivity contribution in [3.8, 4) is 17.3 Å². The number of para-hydroxylation sites is 2. The Morgan fingerprint density at radius 3 is 2.29 bits per heavy atom. The quantitative estimate of drug-likeness (QED) is 0.376. The highest BCUT2D eigenvalue weighted by atomic mass is 16.5. The molecule has 1 aromatic heterocycles. The van der Waals surface area contributed by atoms with E-state index in [-0.39, 0.29) is 12.2 Å². The number of ether oxygens (including phenoxy) is 3. The van der Waals surface area contributed by atoms with Crippen LogP contribution in [0.1, 0.15) is 39.0 Å². The minimum atomic E-state index is -0.626. The molecular formula is C28H39N3O4. The second-order valence-electron chi connectivity index (χ2n) is 9.55. The SMILES string of the molecule is CCc1nn(-c2ccccc2)c(Oc2ccccc2)c1CN(CCOC)CC(O)COC(C)(C)C. The number of aryl methyl sites for hydroxylation is 1. The second kappa shape index (κ2) is 12.8. The molecule has 0 aliphatic heterocycles. The molecule has 2 aromatic carbocycles. The van der Waals surface area contributed by atoms with E-state index in [4.69, 9.17) is 19.3 Å². The standard InChI is InChI=1S/C28H39N3O4/c1-6-26-25(20-30(17-18-33-5)19-23(32)21-34-28(2,3)4)27(35-24-15-11-8-12-16-24)31(29-26)22-13-9-7-10-14-22/h7-16,23,32H,6,17-21H2,1-5H3. The summed E-state index contributed by atoms with van der Waals surface area (Å²) < 4.78 is 19.5. The molecule has 0 spiro atoms. The van der Waals surface area contributed by atoms with Crippen molar-refractivity contribution in [2.45, 2.75) is 52.4 Å². The first-order valence-corrected chi connectivity index (χ1v) is 12.2. The van der Waals surface area contributed by atoms with Crippen LogP contribution in [-0.2, 0) is 22.4 Å². The minimum absolute atomic E-state index is 0.268. The molecule has 0 bridgehead atoms. The van der Waals surface area contributed by atoms with Crippen molar-refractivity contribution < 1.29 is 19.3 Å². The Morgan fingerprint density at radius 2 is 1.69 bits per heavy atom. The van der Waals surface area contributed by atoms with Crippen LogP contribution in [0.5, 0.6) is 11.6 Å². The van der Waals surface area contributed by atoms with Crippen LogP contribution < -0.4 is 4.74 Å². The van der Waals surface area contributed by atoms with Gasteiger partial charge in [-0.1, -0.05) is 43.3 Å². The van der Waals surface area contributed by atoms with Gasteiger partial charge in [0.1, 0.15) is 5.75 Å². The van der Waals surface area contributed by atoms with Gasteiger partial charge in [0, 0.05) is 26.7 Å². The molecule has 1 heterocycles. The van der Waals surface area contributed by atoms with E-state index in [1.54, 1.807) is 7.11 Å². The molecule has 35 heavy (non-hydrogen) atoms. The maximum Gasteiger partial charge on any atom is 0.227 e. The summed E-state index contributed by atoms with van der Waals surface area (Å²) >= 11 is 0. The van der Waals surface area contributed by atoms with Gasteiger partial charge in [-0.25, -0.2) is 4.68 Å². The number of rotatable bonds is 13. The average molecular weight is 482 g/mol. The lowest BCUT2D eigenvalue weighted by molar-refractivity contribution is -0.0577. The van der Waals surface area contributed by atoms with Crippen LogP contribution in [0.15, 0.2) is 60.7 Å². The Bertz CT molecular complexity index is 1020. The highest BCUT2D eigenvalue weighted by Crippen LogP contribution is 2.32. The van der Waals surface area contributed by atoms with Crippen LogP contribution >= 0.6 is 0 Å². The Kier molecular flexibility index (Phi) is 9.86. The lowest BCUT2D eigenvalue weighted by Crippen LogP contribution is -2.38. The van der Waals surface area contributed by atoms with Gasteiger partial charge >= 0.3 is 0 Å². The van der Waals surface area contributed by atoms with Crippen LogP contribution in [0.3, 0.4) is 0 Å². The molecule has 1 atom stereocenters. The average Bonchev–Trinajstić information content (AvgIpc) is 3.18. The summed E-state index contributed by atoms with van der Waals surface area (Å²) in [6.45, 7) is 10.5. The van der Waals surface area contributed by atoms with Gasteiger partial charge in [-0.3, -0.25) is 4.90 Å². The lowest BCUT2D eigenvalue weighted by Gasteiger charge is -2.27. The second-order valence-corrected chi connectivity index (χ2v) is 9.55. The van der Waals surface area contributed by atoms with Crippen molar-refractivity contribution in [1.29, 1.82) is 0 Å². The van der Waals surface area contributed by atoms with Gasteiger partial charge in [0.05, 0.1) is 41.9 Å². The van der Waals surface area contributed by atoms with Gasteiger partial charge in [0.2, 0.25) is 5.88 Å².